The first-order chi connectivity index (χ1) is 12.0. The van der Waals surface area contributed by atoms with Crippen LogP contribution in [0, 0.1) is 17.8 Å². The molecule has 25 heavy (non-hydrogen) atoms. The van der Waals surface area contributed by atoms with Crippen LogP contribution in [0.25, 0.3) is 0 Å². The standard InChI is InChI=1S/C19H23NO5/c1-24-19(23)13-4-6-16(7-5-13)20-17(21)11-25-18(22)10-15-9-12-2-3-14(15)8-12/h4-7,12,14-15H,2-3,8-11H2,1H3,(H,20,21)/t12-,14+,15-/m0/s1. The van der Waals surface area contributed by atoms with E-state index in [4.69, 9.17) is 4.74 Å². The van der Waals surface area contributed by atoms with Crippen molar-refractivity contribution in [2.45, 2.75) is 32.1 Å². The van der Waals surface area contributed by atoms with Gasteiger partial charge in [-0.15, -0.1) is 0 Å². The largest absolute Gasteiger partial charge is 0.465 e. The molecule has 0 aliphatic heterocycles. The number of carbonyl (C=O) groups is 3. The summed E-state index contributed by atoms with van der Waals surface area (Å²) in [7, 11) is 1.31. The van der Waals surface area contributed by atoms with E-state index in [0.717, 1.165) is 12.3 Å². The fourth-order valence-electron chi connectivity index (χ4n) is 4.05. The fraction of sp³-hybridized carbons (Fsp3) is 0.526. The Morgan fingerprint density at radius 1 is 1.12 bits per heavy atom. The smallest absolute Gasteiger partial charge is 0.337 e. The quantitative estimate of drug-likeness (QED) is 0.802. The summed E-state index contributed by atoms with van der Waals surface area (Å²) in [5.74, 6) is 0.757. The number of anilines is 1. The molecule has 3 atom stereocenters. The number of hydrogen-bond donors (Lipinski definition) is 1. The minimum atomic E-state index is -0.438. The van der Waals surface area contributed by atoms with Crippen molar-refractivity contribution in [3.63, 3.8) is 0 Å². The van der Waals surface area contributed by atoms with Gasteiger partial charge in [0.05, 0.1) is 12.7 Å². The number of rotatable bonds is 6. The van der Waals surface area contributed by atoms with Crippen molar-refractivity contribution in [3.8, 4) is 0 Å². The summed E-state index contributed by atoms with van der Waals surface area (Å²) in [5.41, 5.74) is 0.930. The molecule has 3 rings (SSSR count). The summed E-state index contributed by atoms with van der Waals surface area (Å²) in [6.07, 6.45) is 5.32. The zero-order valence-corrected chi connectivity index (χ0v) is 14.3. The Kier molecular flexibility index (Phi) is 5.36. The normalized spacial score (nSPS) is 24.0. The highest BCUT2D eigenvalue weighted by atomic mass is 16.5. The van der Waals surface area contributed by atoms with Crippen LogP contribution < -0.4 is 5.32 Å². The zero-order chi connectivity index (χ0) is 17.8. The van der Waals surface area contributed by atoms with E-state index in [2.05, 4.69) is 10.1 Å². The van der Waals surface area contributed by atoms with Crippen molar-refractivity contribution in [2.24, 2.45) is 17.8 Å². The van der Waals surface area contributed by atoms with Crippen molar-refractivity contribution in [1.29, 1.82) is 0 Å². The van der Waals surface area contributed by atoms with Crippen LogP contribution in [0.1, 0.15) is 42.5 Å². The summed E-state index contributed by atoms with van der Waals surface area (Å²) < 4.78 is 9.71. The van der Waals surface area contributed by atoms with Gasteiger partial charge in [-0.3, -0.25) is 9.59 Å². The molecule has 1 aromatic rings. The summed E-state index contributed by atoms with van der Waals surface area (Å²) in [4.78, 5) is 35.2. The topological polar surface area (TPSA) is 81.7 Å². The first kappa shape index (κ1) is 17.5. The third-order valence-electron chi connectivity index (χ3n) is 5.27. The average molecular weight is 345 g/mol. The number of benzene rings is 1. The summed E-state index contributed by atoms with van der Waals surface area (Å²) in [6.45, 7) is -0.293. The number of amides is 1. The predicted molar refractivity (Wildman–Crippen MR) is 90.9 cm³/mol. The van der Waals surface area contributed by atoms with Gasteiger partial charge in [-0.05, 0) is 61.3 Å². The lowest BCUT2D eigenvalue weighted by atomic mass is 9.86. The van der Waals surface area contributed by atoms with E-state index in [1.165, 1.54) is 26.4 Å². The van der Waals surface area contributed by atoms with Gasteiger partial charge in [-0.1, -0.05) is 6.42 Å². The molecule has 0 unspecified atom stereocenters. The molecule has 0 heterocycles. The van der Waals surface area contributed by atoms with Crippen LogP contribution in [0.4, 0.5) is 5.69 Å². The Morgan fingerprint density at radius 3 is 2.48 bits per heavy atom. The van der Waals surface area contributed by atoms with Crippen LogP contribution in [0.5, 0.6) is 0 Å². The molecule has 2 fully saturated rings. The molecular formula is C19H23NO5. The maximum atomic E-state index is 11.9. The van der Waals surface area contributed by atoms with Gasteiger partial charge in [0, 0.05) is 12.1 Å². The Morgan fingerprint density at radius 2 is 1.88 bits per heavy atom. The molecule has 134 valence electrons. The van der Waals surface area contributed by atoms with Crippen LogP contribution in [0.15, 0.2) is 24.3 Å². The maximum absolute atomic E-state index is 11.9. The second-order valence-corrected chi connectivity index (χ2v) is 6.92. The second-order valence-electron chi connectivity index (χ2n) is 6.92. The molecule has 0 spiro atoms. The molecule has 2 bridgehead atoms. The van der Waals surface area contributed by atoms with Crippen molar-refractivity contribution in [2.75, 3.05) is 19.0 Å². The minimum absolute atomic E-state index is 0.293. The van der Waals surface area contributed by atoms with E-state index in [0.29, 0.717) is 29.5 Å². The number of carbonyl (C=O) groups excluding carboxylic acids is 3. The first-order valence-corrected chi connectivity index (χ1v) is 8.69. The van der Waals surface area contributed by atoms with E-state index in [1.54, 1.807) is 24.3 Å². The minimum Gasteiger partial charge on any atom is -0.465 e. The van der Waals surface area contributed by atoms with Crippen molar-refractivity contribution in [3.05, 3.63) is 29.8 Å². The Bertz CT molecular complexity index is 654. The predicted octanol–water partition coefficient (Wildman–Crippen LogP) is 2.78. The van der Waals surface area contributed by atoms with Crippen LogP contribution in [0.2, 0.25) is 0 Å². The molecule has 1 amide bonds. The second kappa shape index (κ2) is 7.68. The first-order valence-electron chi connectivity index (χ1n) is 8.69. The Labute approximate surface area is 146 Å². The lowest BCUT2D eigenvalue weighted by Gasteiger charge is -2.20. The van der Waals surface area contributed by atoms with Crippen LogP contribution in [-0.4, -0.2) is 31.6 Å². The summed E-state index contributed by atoms with van der Waals surface area (Å²) >= 11 is 0. The van der Waals surface area contributed by atoms with E-state index in [-0.39, 0.29) is 12.6 Å². The van der Waals surface area contributed by atoms with Crippen LogP contribution >= 0.6 is 0 Å². The molecule has 2 aliphatic rings. The third kappa shape index (κ3) is 4.38. The SMILES string of the molecule is COC(=O)c1ccc(NC(=O)COC(=O)C[C@@H]2C[C@H]3CC[C@@H]2C3)cc1. The Hall–Kier alpha value is -2.37. The molecule has 0 aromatic heterocycles. The van der Waals surface area contributed by atoms with Crippen LogP contribution in [-0.2, 0) is 19.1 Å². The summed E-state index contributed by atoms with van der Waals surface area (Å²) in [5, 5.41) is 2.63. The highest BCUT2D eigenvalue weighted by molar-refractivity contribution is 5.94. The molecule has 2 saturated carbocycles. The van der Waals surface area contributed by atoms with Gasteiger partial charge in [0.2, 0.25) is 0 Å². The highest BCUT2D eigenvalue weighted by Gasteiger charge is 2.40. The number of hydrogen-bond acceptors (Lipinski definition) is 5. The number of ether oxygens (including phenoxy) is 2. The van der Waals surface area contributed by atoms with Crippen molar-refractivity contribution >= 4 is 23.5 Å². The fourth-order valence-corrected chi connectivity index (χ4v) is 4.05. The molecular weight excluding hydrogens is 322 g/mol. The molecule has 1 aromatic carbocycles. The number of fused-ring (bicyclic) bond motifs is 2. The van der Waals surface area contributed by atoms with E-state index in [1.807, 2.05) is 0 Å². The average Bonchev–Trinajstić information content (AvgIpc) is 3.23. The summed E-state index contributed by atoms with van der Waals surface area (Å²) in [6, 6.07) is 6.31. The van der Waals surface area contributed by atoms with Gasteiger partial charge in [0.15, 0.2) is 6.61 Å². The molecule has 2 aliphatic carbocycles. The lowest BCUT2D eigenvalue weighted by Crippen LogP contribution is -2.23. The van der Waals surface area contributed by atoms with Gasteiger partial charge in [0.25, 0.3) is 5.91 Å². The van der Waals surface area contributed by atoms with Crippen LogP contribution in [0.3, 0.4) is 0 Å². The van der Waals surface area contributed by atoms with Gasteiger partial charge in [-0.2, -0.15) is 0 Å². The van der Waals surface area contributed by atoms with Gasteiger partial charge >= 0.3 is 11.9 Å². The van der Waals surface area contributed by atoms with E-state index >= 15 is 0 Å². The zero-order valence-electron chi connectivity index (χ0n) is 14.3. The Balaban J connectivity index is 1.40. The van der Waals surface area contributed by atoms with E-state index in [9.17, 15) is 14.4 Å². The monoisotopic (exact) mass is 345 g/mol. The van der Waals surface area contributed by atoms with Crippen molar-refractivity contribution < 1.29 is 23.9 Å². The number of methoxy groups -OCH3 is 1. The number of esters is 2. The van der Waals surface area contributed by atoms with Crippen molar-refractivity contribution in [1.82, 2.24) is 0 Å². The highest BCUT2D eigenvalue weighted by Crippen LogP contribution is 2.49. The molecule has 0 radical (unpaired) electrons. The third-order valence-corrected chi connectivity index (χ3v) is 5.27. The molecule has 0 saturated heterocycles. The van der Waals surface area contributed by atoms with E-state index < -0.39 is 11.9 Å². The molecule has 1 N–H and O–H groups in total. The number of nitrogens with one attached hydrogen (secondary N) is 1. The molecule has 6 heteroatoms. The lowest BCUT2D eigenvalue weighted by molar-refractivity contribution is -0.148. The maximum Gasteiger partial charge on any atom is 0.337 e. The molecule has 6 nitrogen and oxygen atoms in total. The van der Waals surface area contributed by atoms with Gasteiger partial charge < -0.3 is 14.8 Å². The van der Waals surface area contributed by atoms with Gasteiger partial charge in [0.1, 0.15) is 0 Å². The van der Waals surface area contributed by atoms with Gasteiger partial charge in [-0.25, -0.2) is 4.79 Å².